The van der Waals surface area contributed by atoms with Gasteiger partial charge in [0, 0.05) is 25.7 Å². The summed E-state index contributed by atoms with van der Waals surface area (Å²) in [6, 6.07) is 0. The molecule has 97 heavy (non-hydrogen) atoms. The molecule has 0 heterocycles. The Hall–Kier alpha value is -1.94. The van der Waals surface area contributed by atoms with Gasteiger partial charge in [-0.25, -0.2) is 9.13 Å². The lowest BCUT2D eigenvalue weighted by Gasteiger charge is -2.21. The molecule has 17 nitrogen and oxygen atoms in total. The highest BCUT2D eigenvalue weighted by Gasteiger charge is 2.30. The molecule has 3 N–H and O–H groups in total. The maximum absolute atomic E-state index is 13.1. The summed E-state index contributed by atoms with van der Waals surface area (Å²) in [5, 5.41) is 10.6. The molecule has 0 rings (SSSR count). The van der Waals surface area contributed by atoms with Gasteiger partial charge < -0.3 is 33.8 Å². The van der Waals surface area contributed by atoms with Gasteiger partial charge in [-0.05, 0) is 43.4 Å². The average Bonchev–Trinajstić information content (AvgIpc) is 1.77. The molecular formula is C78H152O17P2. The number of phosphoric ester groups is 2. The van der Waals surface area contributed by atoms with Crippen molar-refractivity contribution in [1.82, 2.24) is 0 Å². The van der Waals surface area contributed by atoms with E-state index >= 15 is 0 Å². The first kappa shape index (κ1) is 95.1. The molecule has 4 unspecified atom stereocenters. The highest BCUT2D eigenvalue weighted by Crippen LogP contribution is 2.45. The van der Waals surface area contributed by atoms with Crippen molar-refractivity contribution in [2.24, 2.45) is 17.8 Å². The summed E-state index contributed by atoms with van der Waals surface area (Å²) in [6.45, 7) is 11.9. The van der Waals surface area contributed by atoms with Gasteiger partial charge in [0.1, 0.15) is 19.3 Å². The zero-order valence-corrected chi connectivity index (χ0v) is 65.3. The number of hydrogen-bond acceptors (Lipinski definition) is 15. The Balaban J connectivity index is 5.24. The highest BCUT2D eigenvalue weighted by atomic mass is 31.2. The van der Waals surface area contributed by atoms with E-state index in [0.717, 1.165) is 114 Å². The number of carbonyl (C=O) groups is 4. The zero-order valence-electron chi connectivity index (χ0n) is 63.5. The summed E-state index contributed by atoms with van der Waals surface area (Å²) < 4.78 is 68.6. The molecule has 576 valence electrons. The first-order valence-electron chi connectivity index (χ1n) is 40.4. The predicted molar refractivity (Wildman–Crippen MR) is 395 cm³/mol. The number of phosphoric acid groups is 2. The summed E-state index contributed by atoms with van der Waals surface area (Å²) in [5.41, 5.74) is 0. The summed E-state index contributed by atoms with van der Waals surface area (Å²) in [5.74, 6) is 0.174. The molecule has 0 fully saturated rings. The monoisotopic (exact) mass is 1420 g/mol. The number of unbranched alkanes of at least 4 members (excludes halogenated alkanes) is 42. The van der Waals surface area contributed by atoms with Crippen LogP contribution in [-0.4, -0.2) is 96.7 Å². The molecule has 0 radical (unpaired) electrons. The number of hydrogen-bond donors (Lipinski definition) is 3. The van der Waals surface area contributed by atoms with Crippen molar-refractivity contribution in [3.05, 3.63) is 0 Å². The first-order chi connectivity index (χ1) is 46.8. The minimum atomic E-state index is -4.96. The lowest BCUT2D eigenvalue weighted by atomic mass is 9.99. The Morgan fingerprint density at radius 2 is 0.526 bits per heavy atom. The molecule has 0 aromatic rings. The van der Waals surface area contributed by atoms with Crippen LogP contribution >= 0.6 is 15.6 Å². The second-order valence-corrected chi connectivity index (χ2v) is 32.0. The Bertz CT molecular complexity index is 1890. The van der Waals surface area contributed by atoms with Crippen molar-refractivity contribution < 1.29 is 80.2 Å². The Kier molecular flexibility index (Phi) is 67.1. The van der Waals surface area contributed by atoms with Gasteiger partial charge in [0.2, 0.25) is 0 Å². The van der Waals surface area contributed by atoms with Crippen LogP contribution in [-0.2, 0) is 65.4 Å². The van der Waals surface area contributed by atoms with Crippen LogP contribution in [0.2, 0.25) is 0 Å². The third kappa shape index (κ3) is 69.5. The minimum absolute atomic E-state index is 0.104. The van der Waals surface area contributed by atoms with E-state index in [0.29, 0.717) is 25.7 Å². The molecule has 7 atom stereocenters. The molecular weight excluding hydrogens is 1270 g/mol. The van der Waals surface area contributed by atoms with Crippen molar-refractivity contribution >= 4 is 39.5 Å². The van der Waals surface area contributed by atoms with E-state index in [9.17, 15) is 43.2 Å². The van der Waals surface area contributed by atoms with E-state index in [4.69, 9.17) is 37.0 Å². The van der Waals surface area contributed by atoms with E-state index in [2.05, 4.69) is 48.5 Å². The Morgan fingerprint density at radius 1 is 0.299 bits per heavy atom. The second kappa shape index (κ2) is 68.5. The summed E-state index contributed by atoms with van der Waals surface area (Å²) in [6.07, 6.45) is 55.5. The Labute approximate surface area is 594 Å². The van der Waals surface area contributed by atoms with E-state index in [1.165, 1.54) is 205 Å². The van der Waals surface area contributed by atoms with Gasteiger partial charge in [0.15, 0.2) is 12.2 Å². The van der Waals surface area contributed by atoms with Gasteiger partial charge in [-0.1, -0.05) is 350 Å². The van der Waals surface area contributed by atoms with E-state index in [-0.39, 0.29) is 25.7 Å². The third-order valence-electron chi connectivity index (χ3n) is 18.9. The maximum atomic E-state index is 13.1. The molecule has 0 spiro atoms. The largest absolute Gasteiger partial charge is 0.472 e. The summed E-state index contributed by atoms with van der Waals surface area (Å²) in [7, 11) is -9.92. The number of ether oxygens (including phenoxy) is 4. The van der Waals surface area contributed by atoms with Gasteiger partial charge in [-0.2, -0.15) is 0 Å². The van der Waals surface area contributed by atoms with E-state index < -0.39 is 97.5 Å². The van der Waals surface area contributed by atoms with Crippen molar-refractivity contribution in [1.29, 1.82) is 0 Å². The van der Waals surface area contributed by atoms with Gasteiger partial charge in [-0.15, -0.1) is 0 Å². The quantitative estimate of drug-likeness (QED) is 0.0222. The lowest BCUT2D eigenvalue weighted by molar-refractivity contribution is -0.161. The number of carbonyl (C=O) groups excluding carboxylic acids is 4. The number of aliphatic hydroxyl groups excluding tert-OH is 1. The van der Waals surface area contributed by atoms with Gasteiger partial charge in [0.05, 0.1) is 26.4 Å². The average molecular weight is 1420 g/mol. The molecule has 0 aliphatic rings. The van der Waals surface area contributed by atoms with E-state index in [1.54, 1.807) is 0 Å². The number of aliphatic hydroxyl groups is 1. The van der Waals surface area contributed by atoms with Crippen molar-refractivity contribution in [3.63, 3.8) is 0 Å². The molecule has 19 heteroatoms. The van der Waals surface area contributed by atoms with Crippen LogP contribution in [0.4, 0.5) is 0 Å². The molecule has 0 saturated carbocycles. The van der Waals surface area contributed by atoms with Gasteiger partial charge >= 0.3 is 39.5 Å². The third-order valence-corrected chi connectivity index (χ3v) is 20.8. The molecule has 0 amide bonds. The summed E-state index contributed by atoms with van der Waals surface area (Å²) in [4.78, 5) is 72.9. The SMILES string of the molecule is CCCCCCCCCCCCCCCCCCCCCC(=O)O[C@H](COC(=O)CCCCCCCCCCCCCCCC(C)C)COP(=O)(O)OC[C@@H](O)COP(=O)(O)OC[C@@H](COC(=O)CCCCCCCCC(C)CC)OC(=O)CCCCCCCCCCC(C)CC. The normalized spacial score (nSPS) is 14.6. The maximum Gasteiger partial charge on any atom is 0.472 e. The zero-order chi connectivity index (χ0) is 71.6. The smallest absolute Gasteiger partial charge is 0.462 e. The van der Waals surface area contributed by atoms with Crippen molar-refractivity contribution in [2.45, 2.75) is 420 Å². The van der Waals surface area contributed by atoms with Crippen LogP contribution in [0.15, 0.2) is 0 Å². The van der Waals surface area contributed by atoms with E-state index in [1.807, 2.05) is 0 Å². The van der Waals surface area contributed by atoms with Crippen LogP contribution in [0.1, 0.15) is 402 Å². The molecule has 0 aromatic carbocycles. The van der Waals surface area contributed by atoms with Crippen LogP contribution in [0, 0.1) is 17.8 Å². The predicted octanol–water partition coefficient (Wildman–Crippen LogP) is 23.0. The fourth-order valence-corrected chi connectivity index (χ4v) is 13.5. The summed E-state index contributed by atoms with van der Waals surface area (Å²) >= 11 is 0. The number of rotatable bonds is 76. The molecule has 0 aromatic heterocycles. The molecule has 0 saturated heterocycles. The highest BCUT2D eigenvalue weighted by molar-refractivity contribution is 7.47. The van der Waals surface area contributed by atoms with Crippen molar-refractivity contribution in [3.8, 4) is 0 Å². The Morgan fingerprint density at radius 3 is 0.784 bits per heavy atom. The molecule has 0 aliphatic heterocycles. The number of esters is 4. The van der Waals surface area contributed by atoms with Crippen LogP contribution in [0.25, 0.3) is 0 Å². The first-order valence-corrected chi connectivity index (χ1v) is 43.4. The lowest BCUT2D eigenvalue weighted by Crippen LogP contribution is -2.30. The standard InChI is InChI=1S/C78H152O17P2/c1-8-11-12-13-14-15-16-17-18-19-20-21-22-25-29-32-38-47-54-61-77(82)94-73(65-88-75(80)59-52-45-37-31-28-26-23-24-27-30-35-42-49-56-69(4)5)67-92-96(84,85)90-63-72(79)64-91-97(86,87)93-68-74(66-89-76(81)60-53-46-41-40-44-51-58-71(7)10-3)95-78(83)62-55-48-39-34-33-36-43-50-57-70(6)9-2/h69-74,79H,8-68H2,1-7H3,(H,84,85)(H,86,87)/t70?,71?,72-,73-,74-/m1/s1. The molecule has 0 bridgehead atoms. The van der Waals surface area contributed by atoms with Crippen molar-refractivity contribution in [2.75, 3.05) is 39.6 Å². The van der Waals surface area contributed by atoms with Crippen LogP contribution in [0.3, 0.4) is 0 Å². The topological polar surface area (TPSA) is 237 Å². The molecule has 0 aliphatic carbocycles. The van der Waals surface area contributed by atoms with Crippen LogP contribution < -0.4 is 0 Å². The van der Waals surface area contributed by atoms with Gasteiger partial charge in [0.25, 0.3) is 0 Å². The fourth-order valence-electron chi connectivity index (χ4n) is 11.9. The minimum Gasteiger partial charge on any atom is -0.462 e. The van der Waals surface area contributed by atoms with Gasteiger partial charge in [-0.3, -0.25) is 37.3 Å². The second-order valence-electron chi connectivity index (χ2n) is 29.1. The fraction of sp³-hybridized carbons (Fsp3) is 0.949. The van der Waals surface area contributed by atoms with Crippen LogP contribution in [0.5, 0.6) is 0 Å².